The monoisotopic (exact) mass is 194 g/mol. The minimum absolute atomic E-state index is 0.728. The maximum atomic E-state index is 9.76. The van der Waals surface area contributed by atoms with Gasteiger partial charge in [-0.25, -0.2) is 0 Å². The van der Waals surface area contributed by atoms with E-state index in [-0.39, 0.29) is 0 Å². The Labute approximate surface area is 85.2 Å². The van der Waals surface area contributed by atoms with Crippen molar-refractivity contribution >= 4 is 0 Å². The molecule has 1 aromatic heterocycles. The summed E-state index contributed by atoms with van der Waals surface area (Å²) in [6.45, 7) is 4.40. The second-order valence-corrected chi connectivity index (χ2v) is 3.93. The second-order valence-electron chi connectivity index (χ2n) is 3.93. The lowest BCUT2D eigenvalue weighted by Gasteiger charge is -2.17. The molecule has 2 N–H and O–H groups in total. The highest BCUT2D eigenvalue weighted by molar-refractivity contribution is 5.16. The predicted octanol–water partition coefficient (Wildman–Crippen LogP) is 1.07. The van der Waals surface area contributed by atoms with E-state index in [0.717, 1.165) is 24.4 Å². The Morgan fingerprint density at radius 1 is 1.43 bits per heavy atom. The summed E-state index contributed by atoms with van der Waals surface area (Å²) in [7, 11) is 1.92. The molecule has 0 aliphatic carbocycles. The fraction of sp³-hybridized carbons (Fsp3) is 0.545. The normalized spacial score (nSPS) is 11.7. The van der Waals surface area contributed by atoms with Crippen molar-refractivity contribution in [1.29, 1.82) is 0 Å². The van der Waals surface area contributed by atoms with Crippen molar-refractivity contribution in [3.8, 4) is 0 Å². The van der Waals surface area contributed by atoms with Crippen molar-refractivity contribution in [3.63, 3.8) is 0 Å². The maximum absolute atomic E-state index is 9.76. The summed E-state index contributed by atoms with van der Waals surface area (Å²) in [4.78, 5) is 4.39. The van der Waals surface area contributed by atoms with Gasteiger partial charge in [-0.1, -0.05) is 6.07 Å². The molecule has 3 heteroatoms. The highest BCUT2D eigenvalue weighted by atomic mass is 16.3. The number of hydrogen-bond acceptors (Lipinski definition) is 3. The van der Waals surface area contributed by atoms with Crippen molar-refractivity contribution in [2.45, 2.75) is 25.9 Å². The van der Waals surface area contributed by atoms with Gasteiger partial charge in [0, 0.05) is 18.7 Å². The number of pyridine rings is 1. The number of hydrogen-bond donors (Lipinski definition) is 2. The van der Waals surface area contributed by atoms with Crippen molar-refractivity contribution in [2.24, 2.45) is 0 Å². The number of nitrogens with one attached hydrogen (secondary N) is 1. The largest absolute Gasteiger partial charge is 0.384 e. The van der Waals surface area contributed by atoms with Crippen LogP contribution in [0.5, 0.6) is 0 Å². The van der Waals surface area contributed by atoms with Crippen LogP contribution in [0.3, 0.4) is 0 Å². The smallest absolute Gasteiger partial charge is 0.101 e. The quantitative estimate of drug-likeness (QED) is 0.753. The molecule has 78 valence electrons. The minimum atomic E-state index is -0.852. The van der Waals surface area contributed by atoms with Crippen molar-refractivity contribution in [3.05, 3.63) is 29.6 Å². The average Bonchev–Trinajstić information content (AvgIpc) is 2.14. The number of likely N-dealkylation sites (N-methyl/N-ethyl adjacent to an activating group) is 1. The molecule has 1 rings (SSSR count). The van der Waals surface area contributed by atoms with Crippen LogP contribution in [0.25, 0.3) is 0 Å². The first-order valence-electron chi connectivity index (χ1n) is 4.87. The molecule has 0 radical (unpaired) electrons. The lowest BCUT2D eigenvalue weighted by molar-refractivity contribution is 0.0736. The van der Waals surface area contributed by atoms with Gasteiger partial charge in [-0.2, -0.15) is 0 Å². The molecule has 0 saturated carbocycles. The molecule has 0 aliphatic rings. The second kappa shape index (κ2) is 4.53. The molecule has 0 unspecified atom stereocenters. The fourth-order valence-electron chi connectivity index (χ4n) is 1.21. The van der Waals surface area contributed by atoms with E-state index < -0.39 is 5.60 Å². The first kappa shape index (κ1) is 11.1. The van der Waals surface area contributed by atoms with Crippen LogP contribution in [-0.2, 0) is 12.0 Å². The average molecular weight is 194 g/mol. The van der Waals surface area contributed by atoms with Crippen LogP contribution in [0, 0.1) is 0 Å². The summed E-state index contributed by atoms with van der Waals surface area (Å²) in [6, 6.07) is 5.76. The van der Waals surface area contributed by atoms with Gasteiger partial charge in [0.1, 0.15) is 5.60 Å². The van der Waals surface area contributed by atoms with E-state index in [2.05, 4.69) is 10.3 Å². The molecule has 0 atom stereocenters. The van der Waals surface area contributed by atoms with Crippen LogP contribution in [0.15, 0.2) is 18.2 Å². The highest BCUT2D eigenvalue weighted by Gasteiger charge is 2.17. The van der Waals surface area contributed by atoms with Gasteiger partial charge < -0.3 is 10.4 Å². The zero-order valence-electron chi connectivity index (χ0n) is 9.04. The van der Waals surface area contributed by atoms with Crippen LogP contribution in [0.2, 0.25) is 0 Å². The molecule has 3 nitrogen and oxygen atoms in total. The summed E-state index contributed by atoms with van der Waals surface area (Å²) in [5.41, 5.74) is 0.889. The summed E-state index contributed by atoms with van der Waals surface area (Å²) < 4.78 is 0. The zero-order valence-corrected chi connectivity index (χ0v) is 9.04. The fourth-order valence-corrected chi connectivity index (χ4v) is 1.21. The van der Waals surface area contributed by atoms with Crippen LogP contribution in [0.4, 0.5) is 0 Å². The van der Waals surface area contributed by atoms with Crippen LogP contribution < -0.4 is 5.32 Å². The Bertz CT molecular complexity index is 292. The van der Waals surface area contributed by atoms with Gasteiger partial charge in [-0.3, -0.25) is 4.98 Å². The lowest BCUT2D eigenvalue weighted by atomic mass is 10.0. The zero-order chi connectivity index (χ0) is 10.6. The standard InChI is InChI=1S/C11H18N2O/c1-11(2,14)10-6-4-5-9(13-10)7-8-12-3/h4-6,12,14H,7-8H2,1-3H3. The van der Waals surface area contributed by atoms with E-state index in [9.17, 15) is 5.11 Å². The van der Waals surface area contributed by atoms with Gasteiger partial charge in [0.2, 0.25) is 0 Å². The van der Waals surface area contributed by atoms with E-state index in [4.69, 9.17) is 0 Å². The lowest BCUT2D eigenvalue weighted by Crippen LogP contribution is -2.19. The molecule has 1 aromatic rings. The van der Waals surface area contributed by atoms with Crippen LogP contribution in [0.1, 0.15) is 25.2 Å². The number of aromatic nitrogens is 1. The van der Waals surface area contributed by atoms with E-state index >= 15 is 0 Å². The van der Waals surface area contributed by atoms with Crippen LogP contribution in [-0.4, -0.2) is 23.7 Å². The third-order valence-electron chi connectivity index (χ3n) is 2.06. The SMILES string of the molecule is CNCCc1cccc(C(C)(C)O)n1. The Morgan fingerprint density at radius 3 is 2.71 bits per heavy atom. The van der Waals surface area contributed by atoms with E-state index in [1.165, 1.54) is 0 Å². The Hall–Kier alpha value is -0.930. The Kier molecular flexibility index (Phi) is 3.61. The summed E-state index contributed by atoms with van der Waals surface area (Å²) in [5.74, 6) is 0. The van der Waals surface area contributed by atoms with Gasteiger partial charge in [0.05, 0.1) is 5.69 Å². The number of rotatable bonds is 4. The molecule has 0 bridgehead atoms. The minimum Gasteiger partial charge on any atom is -0.384 e. The topological polar surface area (TPSA) is 45.1 Å². The summed E-state index contributed by atoms with van der Waals surface area (Å²) in [6.07, 6.45) is 0.889. The van der Waals surface area contributed by atoms with E-state index in [1.54, 1.807) is 13.8 Å². The van der Waals surface area contributed by atoms with Crippen LogP contribution >= 0.6 is 0 Å². The summed E-state index contributed by atoms with van der Waals surface area (Å²) in [5, 5.41) is 12.8. The molecular weight excluding hydrogens is 176 g/mol. The van der Waals surface area contributed by atoms with Crippen molar-refractivity contribution < 1.29 is 5.11 Å². The molecule has 0 fully saturated rings. The van der Waals surface area contributed by atoms with Gasteiger partial charge in [0.15, 0.2) is 0 Å². The van der Waals surface area contributed by atoms with Gasteiger partial charge in [-0.05, 0) is 33.0 Å². The molecule has 0 aliphatic heterocycles. The number of aliphatic hydroxyl groups is 1. The molecule has 14 heavy (non-hydrogen) atoms. The Balaban J connectivity index is 2.79. The third-order valence-corrected chi connectivity index (χ3v) is 2.06. The molecule has 1 heterocycles. The highest BCUT2D eigenvalue weighted by Crippen LogP contribution is 2.16. The van der Waals surface area contributed by atoms with Gasteiger partial charge in [-0.15, -0.1) is 0 Å². The van der Waals surface area contributed by atoms with Crippen molar-refractivity contribution in [1.82, 2.24) is 10.3 Å². The first-order chi connectivity index (χ1) is 6.54. The van der Waals surface area contributed by atoms with Gasteiger partial charge >= 0.3 is 0 Å². The van der Waals surface area contributed by atoms with E-state index in [1.807, 2.05) is 25.2 Å². The van der Waals surface area contributed by atoms with Crippen molar-refractivity contribution in [2.75, 3.05) is 13.6 Å². The maximum Gasteiger partial charge on any atom is 0.101 e. The molecular formula is C11H18N2O. The molecule has 0 spiro atoms. The third kappa shape index (κ3) is 3.09. The number of nitrogens with zero attached hydrogens (tertiary/aromatic N) is 1. The van der Waals surface area contributed by atoms with E-state index in [0.29, 0.717) is 0 Å². The molecule has 0 amide bonds. The predicted molar refractivity (Wildman–Crippen MR) is 57.1 cm³/mol. The first-order valence-corrected chi connectivity index (χ1v) is 4.87. The summed E-state index contributed by atoms with van der Waals surface area (Å²) >= 11 is 0. The van der Waals surface area contributed by atoms with Gasteiger partial charge in [0.25, 0.3) is 0 Å². The molecule has 0 aromatic carbocycles. The Morgan fingerprint density at radius 2 is 2.14 bits per heavy atom. The molecule has 0 saturated heterocycles.